The lowest BCUT2D eigenvalue weighted by molar-refractivity contribution is -0.253. The normalized spacial score (nSPS) is 17.0. The predicted octanol–water partition coefficient (Wildman–Crippen LogP) is 2.46. The molecule has 2 amide bonds. The van der Waals surface area contributed by atoms with E-state index in [1.54, 1.807) is 0 Å². The number of fused-ring (bicyclic) bond motifs is 1. The molecule has 1 aromatic heterocycles. The second-order valence-corrected chi connectivity index (χ2v) is 10.8. The summed E-state index contributed by atoms with van der Waals surface area (Å²) in [6, 6.07) is 4.34. The minimum atomic E-state index is -4.74. The van der Waals surface area contributed by atoms with Crippen LogP contribution >= 0.6 is 0 Å². The molecule has 0 bridgehead atoms. The van der Waals surface area contributed by atoms with Gasteiger partial charge in [-0.2, -0.15) is 22.5 Å². The van der Waals surface area contributed by atoms with Crippen molar-refractivity contribution in [3.63, 3.8) is 0 Å². The van der Waals surface area contributed by atoms with Gasteiger partial charge in [0.2, 0.25) is 11.7 Å². The molecule has 0 radical (unpaired) electrons. The number of sulfone groups is 1. The van der Waals surface area contributed by atoms with Crippen LogP contribution in [0.25, 0.3) is 11.4 Å². The van der Waals surface area contributed by atoms with E-state index in [9.17, 15) is 35.6 Å². The molecule has 3 aromatic rings. The summed E-state index contributed by atoms with van der Waals surface area (Å²) >= 11 is 0. The fourth-order valence-corrected chi connectivity index (χ4v) is 5.28. The van der Waals surface area contributed by atoms with Crippen molar-refractivity contribution in [1.82, 2.24) is 15.0 Å². The number of hydrogen-bond donors (Lipinski definition) is 1. The van der Waals surface area contributed by atoms with Crippen LogP contribution < -0.4 is 15.4 Å². The molecule has 1 atom stereocenters. The fraction of sp³-hybridized carbons (Fsp3) is 0.304. The van der Waals surface area contributed by atoms with Crippen molar-refractivity contribution in [3.05, 3.63) is 53.7 Å². The smallest absolute Gasteiger partial charge is 0.428 e. The quantitative estimate of drug-likeness (QED) is 0.410. The second kappa shape index (κ2) is 10.5. The Morgan fingerprint density at radius 3 is 2.50 bits per heavy atom. The lowest BCUT2D eigenvalue weighted by Gasteiger charge is -2.25. The van der Waals surface area contributed by atoms with Gasteiger partial charge in [0.05, 0.1) is 34.5 Å². The Balaban J connectivity index is 1.76. The van der Waals surface area contributed by atoms with Crippen molar-refractivity contribution >= 4 is 27.3 Å². The first kappa shape index (κ1) is 28.9. The molecule has 11 nitrogen and oxygen atoms in total. The summed E-state index contributed by atoms with van der Waals surface area (Å²) in [5, 5.41) is 3.57. The maximum atomic E-state index is 15.1. The Morgan fingerprint density at radius 2 is 1.90 bits per heavy atom. The lowest BCUT2D eigenvalue weighted by Crippen LogP contribution is -2.45. The maximum absolute atomic E-state index is 15.1. The average molecular weight is 589 g/mol. The molecule has 1 aliphatic rings. The number of rotatable bonds is 7. The minimum Gasteiger partial charge on any atom is -0.428 e. The van der Waals surface area contributed by atoms with E-state index in [4.69, 9.17) is 10.3 Å². The number of anilines is 1. The van der Waals surface area contributed by atoms with Crippen LogP contribution in [-0.2, 0) is 21.2 Å². The third kappa shape index (κ3) is 5.60. The molecule has 0 unspecified atom stereocenters. The highest BCUT2D eigenvalue weighted by atomic mass is 32.2. The average Bonchev–Trinajstić information content (AvgIpc) is 3.34. The molecule has 2 N–H and O–H groups in total. The van der Waals surface area contributed by atoms with E-state index >= 15 is 4.39 Å². The molecule has 1 aliphatic heterocycles. The third-order valence-electron chi connectivity index (χ3n) is 5.68. The lowest BCUT2D eigenvalue weighted by atomic mass is 10.1. The van der Waals surface area contributed by atoms with Crippen molar-refractivity contribution in [2.75, 3.05) is 24.7 Å². The van der Waals surface area contributed by atoms with Crippen LogP contribution in [-0.4, -0.2) is 73.7 Å². The van der Waals surface area contributed by atoms with E-state index in [1.807, 2.05) is 0 Å². The van der Waals surface area contributed by atoms with Crippen molar-refractivity contribution in [2.24, 2.45) is 5.73 Å². The number of carbonyl (C=O) groups is 2. The molecule has 2 heterocycles. The second-order valence-electron chi connectivity index (χ2n) is 8.84. The molecule has 0 aliphatic carbocycles. The summed E-state index contributed by atoms with van der Waals surface area (Å²) < 4.78 is 101. The standard InChI is InChI=1S/C23H20F5N5O6S/c1-32(2)21(35)19-30-18(31-39-19)13-7-16-17(8-14(13)24)40(36,37)10-15(29)20(34)33(16)9-11-3-5-12(6-4-11)38-23(27,28)22(25)26/h3-8,15,22H,9-10,29H2,1-2H3/t15-/m0/s1. The number of amides is 2. The molecular weight excluding hydrogens is 569 g/mol. The molecule has 0 saturated carbocycles. The van der Waals surface area contributed by atoms with Crippen molar-refractivity contribution in [2.45, 2.75) is 30.0 Å². The Kier molecular flexibility index (Phi) is 7.55. The first-order valence-electron chi connectivity index (χ1n) is 11.2. The molecule has 40 heavy (non-hydrogen) atoms. The van der Waals surface area contributed by atoms with Gasteiger partial charge >= 0.3 is 24.3 Å². The van der Waals surface area contributed by atoms with Gasteiger partial charge in [0.15, 0.2) is 9.84 Å². The van der Waals surface area contributed by atoms with E-state index < -0.39 is 79.7 Å². The Hall–Kier alpha value is -4.12. The van der Waals surface area contributed by atoms with Gasteiger partial charge in [-0.3, -0.25) is 9.59 Å². The number of alkyl halides is 4. The number of nitrogens with two attached hydrogens (primary N) is 1. The van der Waals surface area contributed by atoms with Crippen LogP contribution in [0.1, 0.15) is 16.2 Å². The number of benzene rings is 2. The van der Waals surface area contributed by atoms with E-state index in [1.165, 1.54) is 26.2 Å². The van der Waals surface area contributed by atoms with Gasteiger partial charge < -0.3 is 24.8 Å². The molecule has 4 rings (SSSR count). The van der Waals surface area contributed by atoms with Gasteiger partial charge in [-0.1, -0.05) is 17.3 Å². The first-order valence-corrected chi connectivity index (χ1v) is 12.9. The molecular formula is C23H20F5N5O6S. The third-order valence-corrected chi connectivity index (χ3v) is 7.48. The zero-order valence-corrected chi connectivity index (χ0v) is 21.5. The van der Waals surface area contributed by atoms with E-state index in [2.05, 4.69) is 14.9 Å². The molecule has 0 spiro atoms. The van der Waals surface area contributed by atoms with Crippen LogP contribution in [0.4, 0.5) is 27.6 Å². The zero-order chi connectivity index (χ0) is 29.6. The Labute approximate surface area is 223 Å². The Bertz CT molecular complexity index is 1560. The van der Waals surface area contributed by atoms with Crippen LogP contribution in [0.3, 0.4) is 0 Å². The Morgan fingerprint density at radius 1 is 1.25 bits per heavy atom. The van der Waals surface area contributed by atoms with Crippen LogP contribution in [0, 0.1) is 5.82 Å². The number of ether oxygens (including phenoxy) is 1. The summed E-state index contributed by atoms with van der Waals surface area (Å²) in [6.45, 7) is -0.387. The summed E-state index contributed by atoms with van der Waals surface area (Å²) in [5.74, 6) is -4.98. The van der Waals surface area contributed by atoms with Gasteiger partial charge in [0.25, 0.3) is 0 Å². The van der Waals surface area contributed by atoms with Gasteiger partial charge in [-0.15, -0.1) is 0 Å². The van der Waals surface area contributed by atoms with Crippen molar-refractivity contribution in [1.29, 1.82) is 0 Å². The number of hydrogen-bond acceptors (Lipinski definition) is 9. The maximum Gasteiger partial charge on any atom is 0.461 e. The number of nitrogens with zero attached hydrogens (tertiary/aromatic N) is 4. The van der Waals surface area contributed by atoms with Gasteiger partial charge in [0, 0.05) is 14.1 Å². The fourth-order valence-electron chi connectivity index (χ4n) is 3.71. The summed E-state index contributed by atoms with van der Waals surface area (Å²) in [6.07, 6.45) is -8.82. The van der Waals surface area contributed by atoms with E-state index in [0.717, 1.165) is 28.0 Å². The SMILES string of the molecule is CN(C)C(=O)c1nc(-c2cc3c(cc2F)S(=O)(=O)C[C@H](N)C(=O)N3Cc2ccc(OC(F)(F)C(F)F)cc2)no1. The first-order chi connectivity index (χ1) is 18.6. The van der Waals surface area contributed by atoms with Gasteiger partial charge in [-0.05, 0) is 29.8 Å². The number of aromatic nitrogens is 2. The zero-order valence-electron chi connectivity index (χ0n) is 20.6. The number of carbonyl (C=O) groups excluding carboxylic acids is 2. The molecule has 17 heteroatoms. The summed E-state index contributed by atoms with van der Waals surface area (Å²) in [5.41, 5.74) is 5.35. The van der Waals surface area contributed by atoms with Crippen LogP contribution in [0.5, 0.6) is 5.75 Å². The molecule has 214 valence electrons. The monoisotopic (exact) mass is 589 g/mol. The predicted molar refractivity (Wildman–Crippen MR) is 127 cm³/mol. The summed E-state index contributed by atoms with van der Waals surface area (Å²) in [4.78, 5) is 30.6. The van der Waals surface area contributed by atoms with Crippen LogP contribution in [0.2, 0.25) is 0 Å². The molecule has 0 fully saturated rings. The minimum absolute atomic E-state index is 0.225. The summed E-state index contributed by atoms with van der Waals surface area (Å²) in [7, 11) is -1.46. The van der Waals surface area contributed by atoms with Gasteiger partial charge in [-0.25, -0.2) is 12.8 Å². The molecule has 2 aromatic carbocycles. The topological polar surface area (TPSA) is 149 Å². The van der Waals surface area contributed by atoms with Gasteiger partial charge in [0.1, 0.15) is 11.6 Å². The van der Waals surface area contributed by atoms with E-state index in [0.29, 0.717) is 6.07 Å². The van der Waals surface area contributed by atoms with E-state index in [-0.39, 0.29) is 17.8 Å². The van der Waals surface area contributed by atoms with Crippen LogP contribution in [0.15, 0.2) is 45.8 Å². The molecule has 0 saturated heterocycles. The highest BCUT2D eigenvalue weighted by molar-refractivity contribution is 7.91. The van der Waals surface area contributed by atoms with Crippen molar-refractivity contribution < 1.29 is 49.2 Å². The van der Waals surface area contributed by atoms with Crippen molar-refractivity contribution in [3.8, 4) is 17.1 Å². The highest BCUT2D eigenvalue weighted by Gasteiger charge is 2.44. The number of halogens is 5. The highest BCUT2D eigenvalue weighted by Crippen LogP contribution is 2.37. The largest absolute Gasteiger partial charge is 0.461 e.